The SMILES string of the molecule is NCC(F)(F)Cc1cc(Br)cc(F)c1O. The number of rotatable bonds is 3. The fourth-order valence-corrected chi connectivity index (χ4v) is 1.58. The van der Waals surface area contributed by atoms with E-state index in [1.807, 2.05) is 0 Å². The maximum atomic E-state index is 13.0. The highest BCUT2D eigenvalue weighted by Crippen LogP contribution is 2.30. The lowest BCUT2D eigenvalue weighted by atomic mass is 10.1. The molecule has 0 aromatic heterocycles. The van der Waals surface area contributed by atoms with Gasteiger partial charge >= 0.3 is 0 Å². The van der Waals surface area contributed by atoms with Gasteiger partial charge in [0.2, 0.25) is 0 Å². The molecule has 1 rings (SSSR count). The lowest BCUT2D eigenvalue weighted by Crippen LogP contribution is -2.30. The van der Waals surface area contributed by atoms with Crippen LogP contribution in [0.4, 0.5) is 13.2 Å². The van der Waals surface area contributed by atoms with Crippen molar-refractivity contribution in [3.63, 3.8) is 0 Å². The fourth-order valence-electron chi connectivity index (χ4n) is 1.10. The number of hydrogen-bond donors (Lipinski definition) is 2. The maximum absolute atomic E-state index is 13.0. The highest BCUT2D eigenvalue weighted by Gasteiger charge is 2.29. The quantitative estimate of drug-likeness (QED) is 0.895. The summed E-state index contributed by atoms with van der Waals surface area (Å²) in [6.45, 7) is -0.847. The Balaban J connectivity index is 3.05. The molecule has 1 aromatic rings. The van der Waals surface area contributed by atoms with E-state index in [1.54, 1.807) is 0 Å². The van der Waals surface area contributed by atoms with Crippen LogP contribution in [0, 0.1) is 5.82 Å². The Morgan fingerprint density at radius 2 is 2.00 bits per heavy atom. The van der Waals surface area contributed by atoms with E-state index >= 15 is 0 Å². The van der Waals surface area contributed by atoms with Crippen LogP contribution in [0.3, 0.4) is 0 Å². The standard InChI is InChI=1S/C9H9BrF3NO/c10-6-1-5(3-9(12,13)4-14)8(15)7(11)2-6/h1-2,15H,3-4,14H2. The number of phenolic OH excluding ortho intramolecular Hbond substituents is 1. The van der Waals surface area contributed by atoms with Gasteiger partial charge in [-0.3, -0.25) is 0 Å². The second kappa shape index (κ2) is 4.40. The summed E-state index contributed by atoms with van der Waals surface area (Å²) in [5.74, 6) is -4.84. The van der Waals surface area contributed by atoms with Gasteiger partial charge in [-0.2, -0.15) is 0 Å². The molecule has 0 amide bonds. The minimum Gasteiger partial charge on any atom is -0.505 e. The highest BCUT2D eigenvalue weighted by molar-refractivity contribution is 9.10. The lowest BCUT2D eigenvalue weighted by Gasteiger charge is -2.15. The number of halogens is 4. The van der Waals surface area contributed by atoms with Gasteiger partial charge < -0.3 is 10.8 Å². The molecule has 1 aromatic carbocycles. The number of nitrogens with two attached hydrogens (primary N) is 1. The van der Waals surface area contributed by atoms with E-state index in [2.05, 4.69) is 15.9 Å². The first kappa shape index (κ1) is 12.3. The van der Waals surface area contributed by atoms with Gasteiger partial charge in [0.1, 0.15) is 0 Å². The zero-order valence-corrected chi connectivity index (χ0v) is 9.19. The third-order valence-electron chi connectivity index (χ3n) is 1.85. The van der Waals surface area contributed by atoms with E-state index in [0.29, 0.717) is 4.47 Å². The van der Waals surface area contributed by atoms with Crippen molar-refractivity contribution >= 4 is 15.9 Å². The molecule has 0 fully saturated rings. The van der Waals surface area contributed by atoms with Gasteiger partial charge in [-0.05, 0) is 12.1 Å². The van der Waals surface area contributed by atoms with Gasteiger partial charge in [0.25, 0.3) is 5.92 Å². The maximum Gasteiger partial charge on any atom is 0.264 e. The summed E-state index contributed by atoms with van der Waals surface area (Å²) >= 11 is 2.95. The molecule has 0 heterocycles. The fraction of sp³-hybridized carbons (Fsp3) is 0.333. The minimum absolute atomic E-state index is 0.169. The van der Waals surface area contributed by atoms with E-state index in [-0.39, 0.29) is 5.56 Å². The van der Waals surface area contributed by atoms with Crippen LogP contribution in [0.15, 0.2) is 16.6 Å². The van der Waals surface area contributed by atoms with Crippen LogP contribution in [-0.2, 0) is 6.42 Å². The van der Waals surface area contributed by atoms with E-state index < -0.39 is 30.5 Å². The van der Waals surface area contributed by atoms with Crippen LogP contribution in [0.5, 0.6) is 5.75 Å². The molecule has 0 aliphatic heterocycles. The minimum atomic E-state index is -3.15. The molecule has 0 aliphatic carbocycles. The van der Waals surface area contributed by atoms with Crippen LogP contribution in [-0.4, -0.2) is 17.6 Å². The van der Waals surface area contributed by atoms with Crippen LogP contribution in [0.2, 0.25) is 0 Å². The van der Waals surface area contributed by atoms with Gasteiger partial charge in [0, 0.05) is 16.5 Å². The summed E-state index contributed by atoms with van der Waals surface area (Å²) in [5.41, 5.74) is 4.67. The average Bonchev–Trinajstić information content (AvgIpc) is 2.13. The molecular formula is C9H9BrF3NO. The first-order valence-corrected chi connectivity index (χ1v) is 4.90. The van der Waals surface area contributed by atoms with Crippen LogP contribution in [0.1, 0.15) is 5.56 Å². The normalized spacial score (nSPS) is 11.8. The van der Waals surface area contributed by atoms with Gasteiger partial charge in [0.15, 0.2) is 11.6 Å². The Kier molecular flexibility index (Phi) is 3.62. The second-order valence-electron chi connectivity index (χ2n) is 3.13. The Hall–Kier alpha value is -0.750. The summed E-state index contributed by atoms with van der Waals surface area (Å²) in [4.78, 5) is 0. The Morgan fingerprint density at radius 3 is 2.53 bits per heavy atom. The largest absolute Gasteiger partial charge is 0.505 e. The summed E-state index contributed by atoms with van der Waals surface area (Å²) in [6, 6.07) is 2.24. The molecule has 0 bridgehead atoms. The Labute approximate surface area is 93.0 Å². The molecule has 0 radical (unpaired) electrons. The zero-order chi connectivity index (χ0) is 11.6. The van der Waals surface area contributed by atoms with Crippen LogP contribution in [0.25, 0.3) is 0 Å². The topological polar surface area (TPSA) is 46.2 Å². The average molecular weight is 284 g/mol. The van der Waals surface area contributed by atoms with E-state index in [4.69, 9.17) is 5.73 Å². The van der Waals surface area contributed by atoms with Crippen molar-refractivity contribution in [2.75, 3.05) is 6.54 Å². The van der Waals surface area contributed by atoms with Crippen molar-refractivity contribution in [2.45, 2.75) is 12.3 Å². The molecular weight excluding hydrogens is 275 g/mol. The first-order chi connectivity index (χ1) is 6.85. The molecule has 0 saturated carbocycles. The Bertz CT molecular complexity index is 371. The monoisotopic (exact) mass is 283 g/mol. The van der Waals surface area contributed by atoms with Crippen LogP contribution < -0.4 is 5.73 Å². The molecule has 0 saturated heterocycles. The summed E-state index contributed by atoms with van der Waals surface area (Å²) in [5, 5.41) is 9.21. The molecule has 0 atom stereocenters. The van der Waals surface area contributed by atoms with Gasteiger partial charge in [-0.25, -0.2) is 13.2 Å². The van der Waals surface area contributed by atoms with Crippen molar-refractivity contribution in [1.29, 1.82) is 0 Å². The molecule has 15 heavy (non-hydrogen) atoms. The van der Waals surface area contributed by atoms with Crippen molar-refractivity contribution in [3.8, 4) is 5.75 Å². The van der Waals surface area contributed by atoms with Crippen molar-refractivity contribution in [2.24, 2.45) is 5.73 Å². The number of phenols is 1. The zero-order valence-electron chi connectivity index (χ0n) is 7.61. The number of benzene rings is 1. The molecule has 0 unspecified atom stereocenters. The number of alkyl halides is 2. The van der Waals surface area contributed by atoms with Gasteiger partial charge in [0.05, 0.1) is 6.54 Å². The predicted octanol–water partition coefficient (Wildman–Crippen LogP) is 2.43. The van der Waals surface area contributed by atoms with E-state index in [1.165, 1.54) is 6.07 Å². The summed E-state index contributed by atoms with van der Waals surface area (Å²) in [6.07, 6.45) is -0.786. The van der Waals surface area contributed by atoms with E-state index in [0.717, 1.165) is 6.07 Å². The first-order valence-electron chi connectivity index (χ1n) is 4.10. The molecule has 6 heteroatoms. The molecule has 2 nitrogen and oxygen atoms in total. The number of aromatic hydroxyl groups is 1. The van der Waals surface area contributed by atoms with Crippen molar-refractivity contribution < 1.29 is 18.3 Å². The van der Waals surface area contributed by atoms with Crippen molar-refractivity contribution in [3.05, 3.63) is 28.0 Å². The Morgan fingerprint density at radius 1 is 1.40 bits per heavy atom. The lowest BCUT2D eigenvalue weighted by molar-refractivity contribution is 0.0108. The van der Waals surface area contributed by atoms with Crippen LogP contribution >= 0.6 is 15.9 Å². The molecule has 0 aliphatic rings. The predicted molar refractivity (Wildman–Crippen MR) is 53.5 cm³/mol. The molecule has 84 valence electrons. The highest BCUT2D eigenvalue weighted by atomic mass is 79.9. The van der Waals surface area contributed by atoms with E-state index in [9.17, 15) is 18.3 Å². The smallest absolute Gasteiger partial charge is 0.264 e. The third kappa shape index (κ3) is 3.10. The number of hydrogen-bond acceptors (Lipinski definition) is 2. The summed E-state index contributed by atoms with van der Waals surface area (Å²) < 4.78 is 39.1. The van der Waals surface area contributed by atoms with Crippen molar-refractivity contribution in [1.82, 2.24) is 0 Å². The molecule has 0 spiro atoms. The summed E-state index contributed by atoms with van der Waals surface area (Å²) in [7, 11) is 0. The molecule has 3 N–H and O–H groups in total. The second-order valence-corrected chi connectivity index (χ2v) is 4.05. The third-order valence-corrected chi connectivity index (χ3v) is 2.31. The van der Waals surface area contributed by atoms with Gasteiger partial charge in [-0.15, -0.1) is 0 Å². The van der Waals surface area contributed by atoms with Gasteiger partial charge in [-0.1, -0.05) is 15.9 Å².